The quantitative estimate of drug-likeness (QED) is 0.486. The van der Waals surface area contributed by atoms with Gasteiger partial charge in [0, 0.05) is 10.3 Å². The molecule has 6 heteroatoms. The van der Waals surface area contributed by atoms with Gasteiger partial charge in [0.2, 0.25) is 6.54 Å². The fourth-order valence-electron chi connectivity index (χ4n) is 1.55. The van der Waals surface area contributed by atoms with Crippen molar-refractivity contribution in [2.24, 2.45) is 5.41 Å². The molecule has 0 saturated carbocycles. The molecule has 0 aliphatic heterocycles. The number of hydrogen-bond donors (Lipinski definition) is 0. The predicted molar refractivity (Wildman–Crippen MR) is 81.2 cm³/mol. The van der Waals surface area contributed by atoms with Crippen molar-refractivity contribution in [1.82, 2.24) is 0 Å². The number of aryl methyl sites for hydroxylation is 1. The molecule has 21 heavy (non-hydrogen) atoms. The molecule has 1 aromatic carbocycles. The van der Waals surface area contributed by atoms with Crippen LogP contribution in [0.3, 0.4) is 0 Å². The molecular formula is C15H19NO4S. The van der Waals surface area contributed by atoms with Gasteiger partial charge in [-0.1, -0.05) is 29.5 Å². The summed E-state index contributed by atoms with van der Waals surface area (Å²) in [4.78, 5) is 10.2. The smallest absolute Gasteiger partial charge is 0.231 e. The normalized spacial score (nSPS) is 13.1. The van der Waals surface area contributed by atoms with Gasteiger partial charge in [-0.3, -0.25) is 10.1 Å². The highest BCUT2D eigenvalue weighted by molar-refractivity contribution is 7.92. The van der Waals surface area contributed by atoms with Gasteiger partial charge >= 0.3 is 0 Å². The Labute approximate surface area is 125 Å². The molecule has 1 aromatic rings. The highest BCUT2D eigenvalue weighted by Gasteiger charge is 2.30. The molecule has 0 aliphatic rings. The highest BCUT2D eigenvalue weighted by Crippen LogP contribution is 2.18. The molecule has 0 saturated heterocycles. The van der Waals surface area contributed by atoms with Crippen LogP contribution in [0.4, 0.5) is 0 Å². The standard InChI is InChI=1S/C15H19NO4S/c1-12-5-7-13(8-6-12)21(19,20)14(11-16(17)18)9-10-15(2,3)4/h5-8,14H,11H2,1-4H3. The van der Waals surface area contributed by atoms with Crippen LogP contribution in [0, 0.1) is 34.3 Å². The fraction of sp³-hybridized carbons (Fsp3) is 0.467. The third kappa shape index (κ3) is 5.20. The lowest BCUT2D eigenvalue weighted by Gasteiger charge is -2.11. The summed E-state index contributed by atoms with van der Waals surface area (Å²) in [6.07, 6.45) is 0. The van der Waals surface area contributed by atoms with E-state index in [2.05, 4.69) is 11.8 Å². The molecule has 0 fully saturated rings. The largest absolute Gasteiger partial charge is 0.264 e. The summed E-state index contributed by atoms with van der Waals surface area (Å²) in [5.74, 6) is 5.35. The second-order valence-corrected chi connectivity index (χ2v) is 8.01. The van der Waals surface area contributed by atoms with E-state index in [0.717, 1.165) is 5.56 Å². The number of nitro groups is 1. The van der Waals surface area contributed by atoms with Crippen LogP contribution in [0.2, 0.25) is 0 Å². The lowest BCUT2D eigenvalue weighted by atomic mass is 9.98. The Morgan fingerprint density at radius 2 is 1.76 bits per heavy atom. The van der Waals surface area contributed by atoms with E-state index < -0.39 is 32.0 Å². The highest BCUT2D eigenvalue weighted by atomic mass is 32.2. The molecule has 0 radical (unpaired) electrons. The average Bonchev–Trinajstić information content (AvgIpc) is 2.33. The minimum atomic E-state index is -3.85. The van der Waals surface area contributed by atoms with Crippen molar-refractivity contribution in [1.29, 1.82) is 0 Å². The Hall–Kier alpha value is -1.87. The van der Waals surface area contributed by atoms with Crippen molar-refractivity contribution in [3.05, 3.63) is 39.9 Å². The second kappa shape index (κ2) is 6.27. The van der Waals surface area contributed by atoms with Crippen molar-refractivity contribution in [2.75, 3.05) is 6.54 Å². The van der Waals surface area contributed by atoms with Crippen molar-refractivity contribution in [2.45, 2.75) is 37.8 Å². The molecule has 0 aliphatic carbocycles. The van der Waals surface area contributed by atoms with Crippen LogP contribution in [-0.2, 0) is 9.84 Å². The Morgan fingerprint density at radius 1 is 1.24 bits per heavy atom. The van der Waals surface area contributed by atoms with Crippen LogP contribution in [0.5, 0.6) is 0 Å². The molecule has 0 N–H and O–H groups in total. The van der Waals surface area contributed by atoms with Crippen LogP contribution in [0.25, 0.3) is 0 Å². The maximum Gasteiger partial charge on any atom is 0.231 e. The van der Waals surface area contributed by atoms with E-state index in [1.807, 2.05) is 27.7 Å². The van der Waals surface area contributed by atoms with E-state index in [1.165, 1.54) is 12.1 Å². The number of benzene rings is 1. The van der Waals surface area contributed by atoms with Gasteiger partial charge in [-0.25, -0.2) is 8.42 Å². The minimum Gasteiger partial charge on any atom is -0.264 e. The van der Waals surface area contributed by atoms with Crippen LogP contribution < -0.4 is 0 Å². The molecule has 5 nitrogen and oxygen atoms in total. The summed E-state index contributed by atoms with van der Waals surface area (Å²) in [6.45, 7) is 6.58. The summed E-state index contributed by atoms with van der Waals surface area (Å²) in [6, 6.07) is 6.23. The summed E-state index contributed by atoms with van der Waals surface area (Å²) in [5, 5.41) is 9.40. The zero-order chi connectivity index (χ0) is 16.3. The summed E-state index contributed by atoms with van der Waals surface area (Å²) < 4.78 is 25.0. The molecule has 0 aromatic heterocycles. The first-order chi connectivity index (χ1) is 9.52. The first-order valence-corrected chi connectivity index (χ1v) is 8.02. The third-order valence-electron chi connectivity index (χ3n) is 2.65. The molecule has 0 bridgehead atoms. The Balaban J connectivity index is 3.26. The first kappa shape index (κ1) is 17.2. The molecule has 0 amide bonds. The fourth-order valence-corrected chi connectivity index (χ4v) is 2.92. The van der Waals surface area contributed by atoms with E-state index in [1.54, 1.807) is 12.1 Å². The second-order valence-electron chi connectivity index (χ2n) is 5.88. The van der Waals surface area contributed by atoms with Crippen LogP contribution in [0.15, 0.2) is 29.2 Å². The zero-order valence-corrected chi connectivity index (χ0v) is 13.4. The summed E-state index contributed by atoms with van der Waals surface area (Å²) in [7, 11) is -3.85. The van der Waals surface area contributed by atoms with E-state index in [4.69, 9.17) is 0 Å². The Kier molecular flexibility index (Phi) is 5.13. The van der Waals surface area contributed by atoms with E-state index in [9.17, 15) is 18.5 Å². The maximum absolute atomic E-state index is 12.5. The number of hydrogen-bond acceptors (Lipinski definition) is 4. The zero-order valence-electron chi connectivity index (χ0n) is 12.6. The topological polar surface area (TPSA) is 77.3 Å². The van der Waals surface area contributed by atoms with Crippen LogP contribution in [-0.4, -0.2) is 25.1 Å². The molecule has 0 spiro atoms. The van der Waals surface area contributed by atoms with Crippen LogP contribution in [0.1, 0.15) is 26.3 Å². The van der Waals surface area contributed by atoms with Gasteiger partial charge in [0.15, 0.2) is 15.1 Å². The van der Waals surface area contributed by atoms with E-state index in [-0.39, 0.29) is 4.90 Å². The Bertz CT molecular complexity index is 673. The van der Waals surface area contributed by atoms with Gasteiger partial charge in [-0.05, 0) is 39.8 Å². The van der Waals surface area contributed by atoms with Gasteiger partial charge in [0.1, 0.15) is 0 Å². The monoisotopic (exact) mass is 309 g/mol. The predicted octanol–water partition coefficient (Wildman–Crippen LogP) is 2.46. The maximum atomic E-state index is 12.5. The molecule has 1 rings (SSSR count). The lowest BCUT2D eigenvalue weighted by Crippen LogP contribution is -2.28. The molecule has 114 valence electrons. The van der Waals surface area contributed by atoms with Crippen molar-refractivity contribution in [3.8, 4) is 11.8 Å². The van der Waals surface area contributed by atoms with Crippen LogP contribution >= 0.6 is 0 Å². The third-order valence-corrected chi connectivity index (χ3v) is 4.59. The number of rotatable bonds is 4. The van der Waals surface area contributed by atoms with Crippen molar-refractivity contribution >= 4 is 9.84 Å². The molecule has 1 atom stereocenters. The molecule has 1 unspecified atom stereocenters. The summed E-state index contributed by atoms with van der Waals surface area (Å²) in [5.41, 5.74) is 0.498. The SMILES string of the molecule is Cc1ccc(S(=O)(=O)C(C#CC(C)(C)C)C[N+](=O)[O-])cc1. The lowest BCUT2D eigenvalue weighted by molar-refractivity contribution is -0.477. The van der Waals surface area contributed by atoms with Gasteiger partial charge in [-0.2, -0.15) is 0 Å². The van der Waals surface area contributed by atoms with Gasteiger partial charge in [0.25, 0.3) is 0 Å². The van der Waals surface area contributed by atoms with Gasteiger partial charge in [0.05, 0.1) is 4.90 Å². The Morgan fingerprint density at radius 3 is 2.19 bits per heavy atom. The number of nitrogens with zero attached hydrogens (tertiary/aromatic N) is 1. The summed E-state index contributed by atoms with van der Waals surface area (Å²) >= 11 is 0. The molecular weight excluding hydrogens is 290 g/mol. The first-order valence-electron chi connectivity index (χ1n) is 6.47. The van der Waals surface area contributed by atoms with Gasteiger partial charge < -0.3 is 0 Å². The average molecular weight is 309 g/mol. The molecule has 0 heterocycles. The van der Waals surface area contributed by atoms with Crippen molar-refractivity contribution in [3.63, 3.8) is 0 Å². The number of sulfone groups is 1. The van der Waals surface area contributed by atoms with Crippen molar-refractivity contribution < 1.29 is 13.3 Å². The van der Waals surface area contributed by atoms with Gasteiger partial charge in [-0.15, -0.1) is 0 Å². The van der Waals surface area contributed by atoms with E-state index >= 15 is 0 Å². The van der Waals surface area contributed by atoms with E-state index in [0.29, 0.717) is 0 Å². The minimum absolute atomic E-state index is 0.0585.